The zero-order valence-corrected chi connectivity index (χ0v) is 17.3. The Hall–Kier alpha value is -1.31. The molecule has 2 aliphatic rings. The zero-order chi connectivity index (χ0) is 18.5. The molecule has 1 aromatic carbocycles. The predicted octanol–water partition coefficient (Wildman–Crippen LogP) is 2.55. The van der Waals surface area contributed by atoms with Gasteiger partial charge >= 0.3 is 0 Å². The number of benzene rings is 1. The number of hydrogen-bond donors (Lipinski definition) is 0. The monoisotopic (exact) mass is 425 g/mol. The van der Waals surface area contributed by atoms with Crippen molar-refractivity contribution in [3.8, 4) is 11.5 Å². The van der Waals surface area contributed by atoms with E-state index in [2.05, 4.69) is 31.8 Å². The maximum Gasteiger partial charge on any atom is 0.236 e. The van der Waals surface area contributed by atoms with Gasteiger partial charge < -0.3 is 14.4 Å². The van der Waals surface area contributed by atoms with E-state index in [9.17, 15) is 4.79 Å². The Morgan fingerprint density at radius 2 is 1.73 bits per heavy atom. The average molecular weight is 426 g/mol. The number of fused-ring (bicyclic) bond motifs is 1. The van der Waals surface area contributed by atoms with Crippen molar-refractivity contribution in [1.29, 1.82) is 0 Å². The first-order chi connectivity index (χ1) is 12.6. The molecule has 0 N–H and O–H groups in total. The van der Waals surface area contributed by atoms with Gasteiger partial charge in [-0.15, -0.1) is 0 Å². The van der Waals surface area contributed by atoms with Crippen LogP contribution in [0.2, 0.25) is 0 Å². The molecule has 1 fully saturated rings. The van der Waals surface area contributed by atoms with Gasteiger partial charge in [0, 0.05) is 37.2 Å². The minimum Gasteiger partial charge on any atom is -0.454 e. The molecule has 6 nitrogen and oxygen atoms in total. The Labute approximate surface area is 164 Å². The van der Waals surface area contributed by atoms with Crippen molar-refractivity contribution in [2.45, 2.75) is 26.8 Å². The Kier molecular flexibility index (Phi) is 6.78. The van der Waals surface area contributed by atoms with Crippen LogP contribution in [0, 0.1) is 0 Å². The number of likely N-dealkylation sites (N-methyl/N-ethyl adjacent to an activating group) is 1. The molecule has 0 unspecified atom stereocenters. The van der Waals surface area contributed by atoms with Crippen LogP contribution in [0.1, 0.15) is 25.8 Å². The summed E-state index contributed by atoms with van der Waals surface area (Å²) >= 11 is 3.65. The van der Waals surface area contributed by atoms with Crippen LogP contribution in [0.15, 0.2) is 16.6 Å². The van der Waals surface area contributed by atoms with Gasteiger partial charge in [-0.1, -0.05) is 15.9 Å². The molecule has 0 saturated carbocycles. The number of amides is 1. The van der Waals surface area contributed by atoms with Crippen LogP contribution < -0.4 is 9.47 Å². The van der Waals surface area contributed by atoms with E-state index >= 15 is 0 Å². The van der Waals surface area contributed by atoms with E-state index in [1.54, 1.807) is 0 Å². The summed E-state index contributed by atoms with van der Waals surface area (Å²) in [4.78, 5) is 19.0. The fraction of sp³-hybridized carbons (Fsp3) is 0.632. The summed E-state index contributed by atoms with van der Waals surface area (Å²) < 4.78 is 12.0. The van der Waals surface area contributed by atoms with Crippen LogP contribution in [0.3, 0.4) is 0 Å². The third-order valence-corrected chi connectivity index (χ3v) is 5.83. The highest BCUT2D eigenvalue weighted by molar-refractivity contribution is 9.10. The third kappa shape index (κ3) is 4.69. The van der Waals surface area contributed by atoms with Crippen molar-refractivity contribution in [2.24, 2.45) is 0 Å². The van der Waals surface area contributed by atoms with Crippen LogP contribution >= 0.6 is 15.9 Å². The highest BCUT2D eigenvalue weighted by atomic mass is 79.9. The Morgan fingerprint density at radius 3 is 2.46 bits per heavy atom. The molecule has 26 heavy (non-hydrogen) atoms. The maximum absolute atomic E-state index is 12.4. The van der Waals surface area contributed by atoms with Gasteiger partial charge in [-0.25, -0.2) is 0 Å². The number of carbonyl (C=O) groups excluding carboxylic acids is 1. The first-order valence-electron chi connectivity index (χ1n) is 9.41. The second kappa shape index (κ2) is 9.06. The molecule has 0 radical (unpaired) electrons. The molecule has 0 atom stereocenters. The van der Waals surface area contributed by atoms with Gasteiger partial charge in [0.15, 0.2) is 11.5 Å². The summed E-state index contributed by atoms with van der Waals surface area (Å²) in [6.45, 7) is 11.2. The van der Waals surface area contributed by atoms with E-state index in [4.69, 9.17) is 9.47 Å². The van der Waals surface area contributed by atoms with Crippen LogP contribution in [-0.2, 0) is 11.3 Å². The lowest BCUT2D eigenvalue weighted by atomic mass is 10.2. The molecule has 0 bridgehead atoms. The second-order valence-corrected chi connectivity index (χ2v) is 7.62. The predicted molar refractivity (Wildman–Crippen MR) is 105 cm³/mol. The lowest BCUT2D eigenvalue weighted by molar-refractivity contribution is -0.132. The highest BCUT2D eigenvalue weighted by Gasteiger charge is 2.21. The topological polar surface area (TPSA) is 45.3 Å². The van der Waals surface area contributed by atoms with Gasteiger partial charge in [-0.05, 0) is 51.1 Å². The smallest absolute Gasteiger partial charge is 0.236 e. The maximum atomic E-state index is 12.4. The number of hydrogen-bond acceptors (Lipinski definition) is 5. The molecule has 0 aliphatic carbocycles. The van der Waals surface area contributed by atoms with Crippen molar-refractivity contribution in [2.75, 3.05) is 52.6 Å². The van der Waals surface area contributed by atoms with Gasteiger partial charge in [-0.2, -0.15) is 0 Å². The van der Waals surface area contributed by atoms with Gasteiger partial charge in [0.1, 0.15) is 0 Å². The minimum atomic E-state index is 0.238. The van der Waals surface area contributed by atoms with Crippen molar-refractivity contribution < 1.29 is 14.3 Å². The largest absolute Gasteiger partial charge is 0.454 e. The molecule has 0 aromatic heterocycles. The summed E-state index contributed by atoms with van der Waals surface area (Å²) in [5.41, 5.74) is 1.21. The van der Waals surface area contributed by atoms with Gasteiger partial charge in [0.25, 0.3) is 0 Å². The molecule has 1 saturated heterocycles. The highest BCUT2D eigenvalue weighted by Crippen LogP contribution is 2.37. The van der Waals surface area contributed by atoms with E-state index in [0.29, 0.717) is 13.3 Å². The second-order valence-electron chi connectivity index (χ2n) is 6.77. The van der Waals surface area contributed by atoms with Crippen LogP contribution in [0.4, 0.5) is 0 Å². The lowest BCUT2D eigenvalue weighted by Gasteiger charge is -2.25. The SMILES string of the molecule is CCN(CC)C(=O)CN1CCCN(Cc2cc3c(cc2Br)OCO3)CC1. The minimum absolute atomic E-state index is 0.238. The summed E-state index contributed by atoms with van der Waals surface area (Å²) in [6.07, 6.45) is 1.08. The summed E-state index contributed by atoms with van der Waals surface area (Å²) in [5, 5.41) is 0. The van der Waals surface area contributed by atoms with Gasteiger partial charge in [0.2, 0.25) is 12.7 Å². The van der Waals surface area contributed by atoms with Crippen molar-refractivity contribution in [3.05, 3.63) is 22.2 Å². The number of carbonyl (C=O) groups is 1. The average Bonchev–Trinajstić information content (AvgIpc) is 2.95. The van der Waals surface area contributed by atoms with E-state index in [1.807, 2.05) is 24.8 Å². The van der Waals surface area contributed by atoms with E-state index < -0.39 is 0 Å². The summed E-state index contributed by atoms with van der Waals surface area (Å²) in [5.74, 6) is 1.86. The van der Waals surface area contributed by atoms with E-state index in [1.165, 1.54) is 5.56 Å². The molecule has 1 amide bonds. The molecular formula is C19H28BrN3O3. The van der Waals surface area contributed by atoms with Gasteiger partial charge in [-0.3, -0.25) is 14.6 Å². The number of rotatable bonds is 6. The number of halogens is 1. The summed E-state index contributed by atoms with van der Waals surface area (Å²) in [6, 6.07) is 4.06. The molecule has 7 heteroatoms. The molecule has 3 rings (SSSR count). The zero-order valence-electron chi connectivity index (χ0n) is 15.7. The normalized spacial score (nSPS) is 18.0. The Balaban J connectivity index is 1.55. The molecule has 2 heterocycles. The first kappa shape index (κ1) is 19.5. The van der Waals surface area contributed by atoms with Crippen molar-refractivity contribution in [3.63, 3.8) is 0 Å². The fourth-order valence-electron chi connectivity index (χ4n) is 3.53. The fourth-order valence-corrected chi connectivity index (χ4v) is 3.98. The van der Waals surface area contributed by atoms with E-state index in [0.717, 1.165) is 68.2 Å². The molecule has 2 aliphatic heterocycles. The van der Waals surface area contributed by atoms with Crippen molar-refractivity contribution >= 4 is 21.8 Å². The van der Waals surface area contributed by atoms with E-state index in [-0.39, 0.29) is 5.91 Å². The quantitative estimate of drug-likeness (QED) is 0.700. The van der Waals surface area contributed by atoms with Crippen molar-refractivity contribution in [1.82, 2.24) is 14.7 Å². The number of nitrogens with zero attached hydrogens (tertiary/aromatic N) is 3. The summed E-state index contributed by atoms with van der Waals surface area (Å²) in [7, 11) is 0. The Bertz CT molecular complexity index is 637. The molecule has 0 spiro atoms. The molecular weight excluding hydrogens is 398 g/mol. The Morgan fingerprint density at radius 1 is 1.08 bits per heavy atom. The van der Waals surface area contributed by atoms with Crippen LogP contribution in [-0.4, -0.2) is 73.2 Å². The van der Waals surface area contributed by atoms with Crippen LogP contribution in [0.25, 0.3) is 0 Å². The third-order valence-electron chi connectivity index (χ3n) is 5.09. The van der Waals surface area contributed by atoms with Gasteiger partial charge in [0.05, 0.1) is 6.54 Å². The standard InChI is InChI=1S/C19H28BrN3O3/c1-3-23(4-2)19(24)13-22-7-5-6-21(8-9-22)12-15-10-17-18(11-16(15)20)26-14-25-17/h10-11H,3-9,12-14H2,1-2H3. The lowest BCUT2D eigenvalue weighted by Crippen LogP contribution is -2.41. The molecule has 144 valence electrons. The molecule has 1 aromatic rings. The van der Waals surface area contributed by atoms with Crippen LogP contribution in [0.5, 0.6) is 11.5 Å². The first-order valence-corrected chi connectivity index (χ1v) is 10.2. The number of ether oxygens (including phenoxy) is 2.